The molecule has 4 aromatic rings. The van der Waals surface area contributed by atoms with Crippen molar-refractivity contribution in [3.05, 3.63) is 57.9 Å². The summed E-state index contributed by atoms with van der Waals surface area (Å²) in [6.45, 7) is 3.70. The SMILES string of the molecule is Cc1c(-c2cc3ccc(Br)cc3n2CC2CC2)nn2cc(C(=O)N3CC4CC5CC3[C@H]54)cc(F)c12. The van der Waals surface area contributed by atoms with Crippen molar-refractivity contribution in [1.82, 2.24) is 19.1 Å². The smallest absolute Gasteiger partial charge is 0.255 e. The van der Waals surface area contributed by atoms with Crippen molar-refractivity contribution in [2.45, 2.75) is 45.2 Å². The van der Waals surface area contributed by atoms with Crippen LogP contribution in [0.1, 0.15) is 41.6 Å². The van der Waals surface area contributed by atoms with E-state index in [1.54, 1.807) is 10.7 Å². The van der Waals surface area contributed by atoms with Crippen LogP contribution in [0.15, 0.2) is 41.0 Å². The molecule has 5 nitrogen and oxygen atoms in total. The highest BCUT2D eigenvalue weighted by Gasteiger charge is 2.61. The van der Waals surface area contributed by atoms with Gasteiger partial charge in [0, 0.05) is 46.3 Å². The van der Waals surface area contributed by atoms with Crippen molar-refractivity contribution in [2.75, 3.05) is 6.54 Å². The number of benzene rings is 1. The van der Waals surface area contributed by atoms with Gasteiger partial charge in [-0.3, -0.25) is 4.79 Å². The molecule has 1 amide bonds. The molecule has 0 bridgehead atoms. The summed E-state index contributed by atoms with van der Waals surface area (Å²) in [5.41, 5.74) is 4.61. The lowest BCUT2D eigenvalue weighted by molar-refractivity contribution is -0.0204. The monoisotopic (exact) mass is 532 g/mol. The molecule has 4 atom stereocenters. The molecule has 1 aliphatic heterocycles. The lowest BCUT2D eigenvalue weighted by Crippen LogP contribution is -2.53. The van der Waals surface area contributed by atoms with Crippen LogP contribution in [-0.2, 0) is 6.54 Å². The number of hydrogen-bond donors (Lipinski definition) is 0. The highest BCUT2D eigenvalue weighted by Crippen LogP contribution is 2.60. The second-order valence-corrected chi connectivity index (χ2v) is 12.1. The molecule has 4 fully saturated rings. The Morgan fingerprint density at radius 2 is 2.03 bits per heavy atom. The number of likely N-dealkylation sites (tertiary alicyclic amines) is 1. The van der Waals surface area contributed by atoms with Crippen molar-refractivity contribution >= 4 is 38.3 Å². The van der Waals surface area contributed by atoms with Gasteiger partial charge < -0.3 is 9.47 Å². The third-order valence-electron chi connectivity index (χ3n) is 9.19. The van der Waals surface area contributed by atoms with Gasteiger partial charge in [-0.2, -0.15) is 5.10 Å². The van der Waals surface area contributed by atoms with Crippen LogP contribution in [-0.4, -0.2) is 37.6 Å². The summed E-state index contributed by atoms with van der Waals surface area (Å²) in [6.07, 6.45) is 6.60. The standard InChI is InChI=1S/C28H26BrFN4O/c1-14-26(24-8-16-4-5-20(29)10-22(16)32(24)11-15-2-3-15)31-34-13-19(7-21(30)27(14)34)28(35)33-12-18-6-17-9-23(33)25(17)18/h4-5,7-8,10,13,15,17-18,23,25H,2-3,6,9,11-12H2,1H3/t17?,18?,23?,25-/m1/s1. The second-order valence-electron chi connectivity index (χ2n) is 11.2. The Balaban J connectivity index is 1.23. The number of amides is 1. The first kappa shape index (κ1) is 20.5. The Morgan fingerprint density at radius 3 is 2.80 bits per heavy atom. The highest BCUT2D eigenvalue weighted by atomic mass is 79.9. The molecule has 1 saturated heterocycles. The van der Waals surface area contributed by atoms with Crippen LogP contribution in [0.3, 0.4) is 0 Å². The van der Waals surface area contributed by atoms with Crippen LogP contribution < -0.4 is 0 Å². The van der Waals surface area contributed by atoms with Crippen LogP contribution in [0, 0.1) is 36.4 Å². The molecule has 4 heterocycles. The number of nitrogens with zero attached hydrogens (tertiary/aromatic N) is 4. The minimum Gasteiger partial charge on any atom is -0.339 e. The largest absolute Gasteiger partial charge is 0.339 e. The fourth-order valence-electron chi connectivity index (χ4n) is 7.18. The number of rotatable bonds is 4. The van der Waals surface area contributed by atoms with Gasteiger partial charge in [-0.15, -0.1) is 0 Å². The Hall–Kier alpha value is -2.67. The molecule has 4 aliphatic rings. The Kier molecular flexibility index (Phi) is 4.08. The number of aryl methyl sites for hydroxylation is 1. The van der Waals surface area contributed by atoms with Gasteiger partial charge in [0.15, 0.2) is 0 Å². The Bertz CT molecular complexity index is 1570. The van der Waals surface area contributed by atoms with E-state index in [9.17, 15) is 4.79 Å². The molecule has 3 aliphatic carbocycles. The van der Waals surface area contributed by atoms with E-state index in [-0.39, 0.29) is 11.7 Å². The maximum Gasteiger partial charge on any atom is 0.255 e. The number of carbonyl (C=O) groups is 1. The van der Waals surface area contributed by atoms with E-state index < -0.39 is 0 Å². The fraction of sp³-hybridized carbons (Fsp3) is 0.429. The average molecular weight is 533 g/mol. The molecule has 3 unspecified atom stereocenters. The summed E-state index contributed by atoms with van der Waals surface area (Å²) < 4.78 is 20.5. The first-order valence-corrected chi connectivity index (χ1v) is 13.5. The predicted octanol–water partition coefficient (Wildman–Crippen LogP) is 6.06. The minimum absolute atomic E-state index is 0.0500. The Morgan fingerprint density at radius 1 is 1.17 bits per heavy atom. The van der Waals surface area contributed by atoms with E-state index >= 15 is 4.39 Å². The fourth-order valence-corrected chi connectivity index (χ4v) is 7.53. The molecule has 3 aromatic heterocycles. The molecule has 8 rings (SSSR count). The topological polar surface area (TPSA) is 42.5 Å². The van der Waals surface area contributed by atoms with Crippen molar-refractivity contribution in [3.63, 3.8) is 0 Å². The number of halogens is 2. The van der Waals surface area contributed by atoms with Gasteiger partial charge >= 0.3 is 0 Å². The zero-order chi connectivity index (χ0) is 23.6. The first-order valence-electron chi connectivity index (χ1n) is 12.7. The summed E-state index contributed by atoms with van der Waals surface area (Å²) in [4.78, 5) is 15.4. The van der Waals surface area contributed by atoms with Gasteiger partial charge in [-0.25, -0.2) is 8.91 Å². The molecule has 35 heavy (non-hydrogen) atoms. The van der Waals surface area contributed by atoms with Gasteiger partial charge in [0.2, 0.25) is 0 Å². The third kappa shape index (κ3) is 2.85. The maximum atomic E-state index is 15.5. The van der Waals surface area contributed by atoms with E-state index in [0.29, 0.717) is 34.9 Å². The molecule has 7 heteroatoms. The third-order valence-corrected chi connectivity index (χ3v) is 9.68. The normalized spacial score (nSPS) is 26.8. The zero-order valence-electron chi connectivity index (χ0n) is 19.5. The van der Waals surface area contributed by atoms with Gasteiger partial charge in [0.25, 0.3) is 5.91 Å². The molecular weight excluding hydrogens is 507 g/mol. The lowest BCUT2D eigenvalue weighted by atomic mass is 9.53. The van der Waals surface area contributed by atoms with E-state index in [2.05, 4.69) is 44.8 Å². The molecule has 3 saturated carbocycles. The van der Waals surface area contributed by atoms with Crippen LogP contribution in [0.25, 0.3) is 27.8 Å². The molecule has 0 spiro atoms. The quantitative estimate of drug-likeness (QED) is 0.320. The van der Waals surface area contributed by atoms with Crippen molar-refractivity contribution in [3.8, 4) is 11.4 Å². The maximum absolute atomic E-state index is 15.5. The van der Waals surface area contributed by atoms with Gasteiger partial charge in [-0.05, 0) is 80.5 Å². The van der Waals surface area contributed by atoms with E-state index in [4.69, 9.17) is 5.10 Å². The molecule has 178 valence electrons. The van der Waals surface area contributed by atoms with Gasteiger partial charge in [0.05, 0.1) is 11.3 Å². The number of fused-ring (bicyclic) bond motifs is 2. The molecule has 1 aromatic carbocycles. The van der Waals surface area contributed by atoms with E-state index in [1.807, 2.05) is 11.8 Å². The number of aromatic nitrogens is 3. The van der Waals surface area contributed by atoms with Crippen molar-refractivity contribution in [2.24, 2.45) is 23.7 Å². The first-order chi connectivity index (χ1) is 17.0. The summed E-state index contributed by atoms with van der Waals surface area (Å²) in [5, 5.41) is 6.02. The molecular formula is C28H26BrFN4O. The summed E-state index contributed by atoms with van der Waals surface area (Å²) in [6, 6.07) is 10.3. The van der Waals surface area contributed by atoms with Crippen molar-refractivity contribution < 1.29 is 9.18 Å². The highest BCUT2D eigenvalue weighted by molar-refractivity contribution is 9.10. The second kappa shape index (κ2) is 6.96. The Labute approximate surface area is 211 Å². The van der Waals surface area contributed by atoms with Crippen LogP contribution in [0.2, 0.25) is 0 Å². The van der Waals surface area contributed by atoms with Gasteiger partial charge in [-0.1, -0.05) is 22.0 Å². The van der Waals surface area contributed by atoms with E-state index in [1.165, 1.54) is 25.3 Å². The molecule has 0 radical (unpaired) electrons. The van der Waals surface area contributed by atoms with Crippen LogP contribution in [0.4, 0.5) is 4.39 Å². The average Bonchev–Trinajstić information content (AvgIpc) is 3.48. The van der Waals surface area contributed by atoms with Gasteiger partial charge in [0.1, 0.15) is 17.0 Å². The summed E-state index contributed by atoms with van der Waals surface area (Å²) in [5.74, 6) is 2.42. The zero-order valence-corrected chi connectivity index (χ0v) is 21.1. The number of pyridine rings is 1. The van der Waals surface area contributed by atoms with Crippen LogP contribution in [0.5, 0.6) is 0 Å². The van der Waals surface area contributed by atoms with Crippen molar-refractivity contribution in [1.29, 1.82) is 0 Å². The van der Waals surface area contributed by atoms with Crippen LogP contribution >= 0.6 is 15.9 Å². The summed E-state index contributed by atoms with van der Waals surface area (Å²) in [7, 11) is 0. The predicted molar refractivity (Wildman–Crippen MR) is 136 cm³/mol. The molecule has 0 N–H and O–H groups in total. The minimum atomic E-state index is -0.381. The summed E-state index contributed by atoms with van der Waals surface area (Å²) >= 11 is 3.62. The lowest BCUT2D eigenvalue weighted by Gasteiger charge is -2.52. The number of hydrogen-bond acceptors (Lipinski definition) is 2. The number of carbonyl (C=O) groups excluding carboxylic acids is 1. The van der Waals surface area contributed by atoms with E-state index in [0.717, 1.165) is 57.8 Å².